The molecule has 0 aromatic heterocycles. The maximum Gasteiger partial charge on any atom is 0.246 e. The van der Waals surface area contributed by atoms with Crippen LogP contribution in [-0.2, 0) is 0 Å². The van der Waals surface area contributed by atoms with Gasteiger partial charge in [-0.2, -0.15) is 0 Å². The molecule has 0 unspecified atom stereocenters. The summed E-state index contributed by atoms with van der Waals surface area (Å²) in [6.45, 7) is 0.157. The van der Waals surface area contributed by atoms with Gasteiger partial charge in [-0.25, -0.2) is 0 Å². The van der Waals surface area contributed by atoms with E-state index >= 15 is 0 Å². The van der Waals surface area contributed by atoms with E-state index in [1.54, 1.807) is 0 Å². The van der Waals surface area contributed by atoms with Crippen molar-refractivity contribution in [3.63, 3.8) is 0 Å². The van der Waals surface area contributed by atoms with Crippen molar-refractivity contribution in [2.45, 2.75) is 39.2 Å². The van der Waals surface area contributed by atoms with Gasteiger partial charge in [-0.05, 0) is 97.8 Å². The summed E-state index contributed by atoms with van der Waals surface area (Å²) in [5.41, 5.74) is 4.36. The minimum atomic E-state index is -1.81. The third-order valence-electron chi connectivity index (χ3n) is 9.48. The Morgan fingerprint density at radius 2 is 0.556 bits per heavy atom. The molecule has 2 aliphatic rings. The van der Waals surface area contributed by atoms with Crippen molar-refractivity contribution in [2.75, 3.05) is 0 Å². The van der Waals surface area contributed by atoms with E-state index in [-0.39, 0.29) is 6.71 Å². The Bertz CT molecular complexity index is 1930. The Hall–Kier alpha value is -4.70. The van der Waals surface area contributed by atoms with E-state index in [0.29, 0.717) is 0 Å². The summed E-state index contributed by atoms with van der Waals surface area (Å²) in [6, 6.07) is 71.2. The lowest BCUT2D eigenvalue weighted by atomic mass is 9.36. The maximum atomic E-state index is 2.46. The number of benzene rings is 7. The maximum absolute atomic E-state index is 2.46. The normalized spacial score (nSPS) is 16.4. The molecule has 0 aliphatic carbocycles. The molecule has 2 heterocycles. The first-order valence-electron chi connectivity index (χ1n) is 15.5. The van der Waals surface area contributed by atoms with Crippen LogP contribution in [0.5, 0.6) is 0 Å². The van der Waals surface area contributed by atoms with Crippen LogP contribution >= 0.6 is 20.1 Å². The van der Waals surface area contributed by atoms with E-state index in [4.69, 9.17) is 0 Å². The molecule has 0 saturated carbocycles. The fourth-order valence-corrected chi connectivity index (χ4v) is 16.5. The predicted octanol–water partition coefficient (Wildman–Crippen LogP) is 9.51. The van der Waals surface area contributed by atoms with E-state index < -0.39 is 20.1 Å². The van der Waals surface area contributed by atoms with Crippen LogP contribution in [-0.4, -0.2) is 6.71 Å². The van der Waals surface area contributed by atoms with Gasteiger partial charge in [0.15, 0.2) is 0 Å². The van der Waals surface area contributed by atoms with E-state index in [1.165, 1.54) is 55.6 Å². The second-order valence-corrected chi connectivity index (χ2v) is 17.7. The number of rotatable bonds is 4. The molecule has 45 heavy (non-hydrogen) atoms. The molecule has 0 saturated heterocycles. The largest absolute Gasteiger partial charge is 0.246 e. The molecule has 7 aromatic carbocycles. The van der Waals surface area contributed by atoms with Gasteiger partial charge in [-0.1, -0.05) is 126 Å². The Kier molecular flexibility index (Phi) is 6.19. The molecule has 0 nitrogen and oxygen atoms in total. The standard InChI is InChI=1S/C42H31BS2/c1-5-18-32(19-6-1)44(33-20-7-2-8-21-33)38-28-15-13-26-36(38)43-37-27-14-16-29-39(37)45(34-22-9-3-10-23-34,35-24-11-4-12-25-35)41-31-17-30-40(44)42(41)43/h1-31H. The second kappa shape index (κ2) is 10.4. The average Bonchev–Trinajstić information content (AvgIpc) is 3.13. The quantitative estimate of drug-likeness (QED) is 0.174. The van der Waals surface area contributed by atoms with E-state index in [9.17, 15) is 0 Å². The average molecular weight is 611 g/mol. The van der Waals surface area contributed by atoms with Crippen LogP contribution in [0.4, 0.5) is 0 Å². The van der Waals surface area contributed by atoms with Gasteiger partial charge in [0.2, 0.25) is 6.71 Å². The first-order valence-corrected chi connectivity index (χ1v) is 18.8. The lowest BCUT2D eigenvalue weighted by molar-refractivity contribution is 1.20. The van der Waals surface area contributed by atoms with Gasteiger partial charge < -0.3 is 0 Å². The summed E-state index contributed by atoms with van der Waals surface area (Å²) in [4.78, 5) is 11.4. The van der Waals surface area contributed by atoms with Crippen molar-refractivity contribution in [3.05, 3.63) is 188 Å². The highest BCUT2D eigenvalue weighted by molar-refractivity contribution is 8.35. The Balaban J connectivity index is 1.52. The molecule has 0 amide bonds. The second-order valence-electron chi connectivity index (χ2n) is 11.7. The number of hydrogen-bond donors (Lipinski definition) is 0. The fraction of sp³-hybridized carbons (Fsp3) is 0. The third-order valence-corrected chi connectivity index (χ3v) is 17.5. The summed E-state index contributed by atoms with van der Waals surface area (Å²) >= 11 is 0. The number of fused-ring (bicyclic) bond motifs is 4. The molecular weight excluding hydrogens is 579 g/mol. The molecule has 2 aliphatic heterocycles. The highest BCUT2D eigenvalue weighted by atomic mass is 32.3. The van der Waals surface area contributed by atoms with Crippen molar-refractivity contribution < 1.29 is 0 Å². The Morgan fingerprint density at radius 3 is 0.911 bits per heavy atom. The Morgan fingerprint density at radius 1 is 0.267 bits per heavy atom. The van der Waals surface area contributed by atoms with E-state index in [2.05, 4.69) is 188 Å². The minimum absolute atomic E-state index is 0.157. The van der Waals surface area contributed by atoms with Crippen molar-refractivity contribution in [3.8, 4) is 0 Å². The van der Waals surface area contributed by atoms with Crippen molar-refractivity contribution in [1.82, 2.24) is 0 Å². The summed E-state index contributed by atoms with van der Waals surface area (Å²) in [7, 11) is -3.62. The molecule has 9 rings (SSSR count). The molecule has 0 radical (unpaired) electrons. The van der Waals surface area contributed by atoms with E-state index in [0.717, 1.165) is 0 Å². The molecule has 214 valence electrons. The van der Waals surface area contributed by atoms with Crippen LogP contribution in [0.1, 0.15) is 0 Å². The Labute approximate surface area is 269 Å². The summed E-state index contributed by atoms with van der Waals surface area (Å²) < 4.78 is 0. The monoisotopic (exact) mass is 610 g/mol. The minimum Gasteiger partial charge on any atom is -0.134 e. The van der Waals surface area contributed by atoms with Crippen LogP contribution in [0, 0.1) is 0 Å². The smallest absolute Gasteiger partial charge is 0.134 e. The van der Waals surface area contributed by atoms with Gasteiger partial charge in [-0.3, -0.25) is 0 Å². The summed E-state index contributed by atoms with van der Waals surface area (Å²) in [5, 5.41) is 0. The van der Waals surface area contributed by atoms with Gasteiger partial charge in [0, 0.05) is 19.6 Å². The lowest BCUT2D eigenvalue weighted by Crippen LogP contribution is -2.61. The molecule has 0 fully saturated rings. The van der Waals surface area contributed by atoms with Crippen molar-refractivity contribution in [1.29, 1.82) is 0 Å². The molecule has 0 bridgehead atoms. The van der Waals surface area contributed by atoms with Crippen LogP contribution in [0.2, 0.25) is 0 Å². The highest BCUT2D eigenvalue weighted by Crippen LogP contribution is 2.78. The molecule has 0 N–H and O–H groups in total. The molecule has 0 atom stereocenters. The predicted molar refractivity (Wildman–Crippen MR) is 191 cm³/mol. The highest BCUT2D eigenvalue weighted by Gasteiger charge is 2.52. The van der Waals surface area contributed by atoms with Crippen molar-refractivity contribution >= 4 is 43.2 Å². The molecule has 3 heteroatoms. The SMILES string of the molecule is c1ccc(S2(c3ccccc3)c3ccccc3B3c4ccccc4S(c4ccccc4)(c4ccccc4)c4cccc2c43)cc1. The first-order chi connectivity index (χ1) is 22.4. The van der Waals surface area contributed by atoms with Crippen molar-refractivity contribution in [2.24, 2.45) is 0 Å². The first kappa shape index (κ1) is 26.7. The zero-order valence-electron chi connectivity index (χ0n) is 24.8. The molecule has 7 aromatic rings. The van der Waals surface area contributed by atoms with Gasteiger partial charge in [0.1, 0.15) is 0 Å². The van der Waals surface area contributed by atoms with Gasteiger partial charge in [-0.15, -0.1) is 20.1 Å². The zero-order valence-corrected chi connectivity index (χ0v) is 26.4. The van der Waals surface area contributed by atoms with Gasteiger partial charge in [0.25, 0.3) is 0 Å². The lowest BCUT2D eigenvalue weighted by Gasteiger charge is -2.54. The fourth-order valence-electron chi connectivity index (χ4n) is 7.84. The molecular formula is C42H31BS2. The van der Waals surface area contributed by atoms with Gasteiger partial charge in [0.05, 0.1) is 0 Å². The van der Waals surface area contributed by atoms with Crippen LogP contribution in [0.15, 0.2) is 227 Å². The zero-order chi connectivity index (χ0) is 29.8. The summed E-state index contributed by atoms with van der Waals surface area (Å²) in [5.74, 6) is 0. The summed E-state index contributed by atoms with van der Waals surface area (Å²) in [6.07, 6.45) is 0. The topological polar surface area (TPSA) is 0 Å². The van der Waals surface area contributed by atoms with Crippen LogP contribution in [0.3, 0.4) is 0 Å². The third kappa shape index (κ3) is 3.60. The van der Waals surface area contributed by atoms with Gasteiger partial charge >= 0.3 is 0 Å². The van der Waals surface area contributed by atoms with Crippen LogP contribution in [0.25, 0.3) is 0 Å². The molecule has 0 spiro atoms. The van der Waals surface area contributed by atoms with Crippen LogP contribution < -0.4 is 16.4 Å². The number of hydrogen-bond acceptors (Lipinski definition) is 0. The van der Waals surface area contributed by atoms with E-state index in [1.807, 2.05) is 0 Å².